The van der Waals surface area contributed by atoms with Crippen molar-refractivity contribution < 1.29 is 14.7 Å². The van der Waals surface area contributed by atoms with Crippen LogP contribution in [0.1, 0.15) is 39.0 Å². The molecule has 1 rings (SSSR count). The molecule has 2 amide bonds. The smallest absolute Gasteiger partial charge is 0.326 e. The number of hydrogen-bond donors (Lipinski definition) is 3. The molecule has 0 aliphatic heterocycles. The number of nitrogens with one attached hydrogen (secondary N) is 2. The van der Waals surface area contributed by atoms with Crippen molar-refractivity contribution >= 4 is 23.8 Å². The van der Waals surface area contributed by atoms with Crippen molar-refractivity contribution in [3.63, 3.8) is 0 Å². The Hall–Kier alpha value is -0.910. The highest BCUT2D eigenvalue weighted by molar-refractivity contribution is 7.99. The van der Waals surface area contributed by atoms with Crippen LogP contribution in [0.2, 0.25) is 0 Å². The molecule has 0 aromatic carbocycles. The number of urea groups is 1. The summed E-state index contributed by atoms with van der Waals surface area (Å²) in [5.74, 6) is -0.987. The second-order valence-electron chi connectivity index (χ2n) is 4.63. The van der Waals surface area contributed by atoms with Gasteiger partial charge in [0.2, 0.25) is 0 Å². The third-order valence-corrected chi connectivity index (χ3v) is 4.49. The Balaban J connectivity index is 2.30. The maximum Gasteiger partial charge on any atom is 0.326 e. The first-order valence-corrected chi connectivity index (χ1v) is 7.68. The fraction of sp³-hybridized carbons (Fsp3) is 0.833. The quantitative estimate of drug-likeness (QED) is 0.714. The van der Waals surface area contributed by atoms with Crippen LogP contribution in [0.15, 0.2) is 0 Å². The van der Waals surface area contributed by atoms with Crippen LogP contribution >= 0.6 is 11.8 Å². The predicted octanol–water partition coefficient (Wildman–Crippen LogP) is 1.82. The minimum absolute atomic E-state index is 0.180. The van der Waals surface area contributed by atoms with Crippen LogP contribution in [0.5, 0.6) is 0 Å². The summed E-state index contributed by atoms with van der Waals surface area (Å²) in [5.41, 5.74) is 0. The maximum atomic E-state index is 11.6. The Morgan fingerprint density at radius 2 is 1.94 bits per heavy atom. The van der Waals surface area contributed by atoms with E-state index in [9.17, 15) is 9.59 Å². The molecule has 0 spiro atoms. The molecule has 18 heavy (non-hydrogen) atoms. The lowest BCUT2D eigenvalue weighted by Gasteiger charge is -2.28. The second-order valence-corrected chi connectivity index (χ2v) is 5.76. The van der Waals surface area contributed by atoms with Crippen LogP contribution in [-0.4, -0.2) is 40.7 Å². The molecule has 0 aromatic rings. The molecule has 1 atom stereocenters. The maximum absolute atomic E-state index is 11.6. The van der Waals surface area contributed by atoms with Gasteiger partial charge in [0.1, 0.15) is 6.04 Å². The van der Waals surface area contributed by atoms with Gasteiger partial charge in [0.15, 0.2) is 0 Å². The van der Waals surface area contributed by atoms with Gasteiger partial charge in [-0.25, -0.2) is 9.59 Å². The lowest BCUT2D eigenvalue weighted by molar-refractivity contribution is -0.139. The van der Waals surface area contributed by atoms with Crippen molar-refractivity contribution in [1.82, 2.24) is 10.6 Å². The first kappa shape index (κ1) is 15.1. The molecule has 0 aromatic heterocycles. The van der Waals surface area contributed by atoms with Crippen LogP contribution < -0.4 is 10.6 Å². The Morgan fingerprint density at radius 3 is 2.39 bits per heavy atom. The Bertz CT molecular complexity index is 291. The highest BCUT2D eigenvalue weighted by atomic mass is 32.2. The van der Waals surface area contributed by atoms with Crippen molar-refractivity contribution in [1.29, 1.82) is 0 Å². The zero-order chi connectivity index (χ0) is 13.5. The van der Waals surface area contributed by atoms with E-state index < -0.39 is 12.0 Å². The lowest BCUT2D eigenvalue weighted by Crippen LogP contribution is -2.49. The normalized spacial score (nSPS) is 25.2. The number of hydrogen-bond acceptors (Lipinski definition) is 3. The van der Waals surface area contributed by atoms with Crippen LogP contribution in [0, 0.1) is 0 Å². The van der Waals surface area contributed by atoms with E-state index in [0.29, 0.717) is 11.7 Å². The van der Waals surface area contributed by atoms with Gasteiger partial charge in [0.25, 0.3) is 0 Å². The number of aliphatic carboxylic acids is 1. The van der Waals surface area contributed by atoms with Gasteiger partial charge >= 0.3 is 12.0 Å². The second kappa shape index (κ2) is 7.51. The van der Waals surface area contributed by atoms with Crippen molar-refractivity contribution in [2.24, 2.45) is 0 Å². The van der Waals surface area contributed by atoms with Gasteiger partial charge in [-0.15, -0.1) is 0 Å². The highest BCUT2D eigenvalue weighted by Crippen LogP contribution is 2.26. The summed E-state index contributed by atoms with van der Waals surface area (Å²) in [5, 5.41) is 14.9. The van der Waals surface area contributed by atoms with E-state index in [1.54, 1.807) is 6.92 Å². The van der Waals surface area contributed by atoms with Crippen LogP contribution in [-0.2, 0) is 4.79 Å². The molecule has 3 N–H and O–H groups in total. The molecule has 1 saturated carbocycles. The topological polar surface area (TPSA) is 78.4 Å². The third kappa shape index (κ3) is 4.76. The molecule has 0 heterocycles. The number of carboxylic acids is 1. The molecule has 0 radical (unpaired) electrons. The van der Waals surface area contributed by atoms with Gasteiger partial charge in [-0.3, -0.25) is 0 Å². The molecule has 0 unspecified atom stereocenters. The van der Waals surface area contributed by atoms with Crippen LogP contribution in [0.4, 0.5) is 4.79 Å². The van der Waals surface area contributed by atoms with E-state index >= 15 is 0 Å². The summed E-state index contributed by atoms with van der Waals surface area (Å²) < 4.78 is 0. The first-order chi connectivity index (χ1) is 8.56. The number of thioether (sulfide) groups is 1. The number of rotatable bonds is 5. The van der Waals surface area contributed by atoms with Gasteiger partial charge in [-0.05, 0) is 38.4 Å². The van der Waals surface area contributed by atoms with E-state index in [0.717, 1.165) is 25.7 Å². The summed E-state index contributed by atoms with van der Waals surface area (Å²) in [6.45, 7) is 1.74. The predicted molar refractivity (Wildman–Crippen MR) is 72.9 cm³/mol. The van der Waals surface area contributed by atoms with Gasteiger partial charge in [-0.1, -0.05) is 6.92 Å². The molecule has 0 bridgehead atoms. The van der Waals surface area contributed by atoms with Crippen LogP contribution in [0.25, 0.3) is 0 Å². The fourth-order valence-electron chi connectivity index (χ4n) is 2.17. The number of carboxylic acid groups (broad SMARTS) is 1. The molecule has 1 aliphatic rings. The Kier molecular flexibility index (Phi) is 6.32. The molecule has 6 heteroatoms. The molecule has 1 aliphatic carbocycles. The molecular formula is C12H22N2O3S. The van der Waals surface area contributed by atoms with E-state index in [4.69, 9.17) is 5.11 Å². The Labute approximate surface area is 112 Å². The standard InChI is InChI=1S/C12H22N2O3S/c1-3-10(11(15)16)14-12(17)13-8-4-6-9(18-2)7-5-8/h8-10H,3-7H2,1-2H3,(H,15,16)(H2,13,14,17)/t8?,9?,10-/m0/s1. The first-order valence-electron chi connectivity index (χ1n) is 6.39. The van der Waals surface area contributed by atoms with Gasteiger partial charge in [-0.2, -0.15) is 11.8 Å². The van der Waals surface area contributed by atoms with Gasteiger partial charge < -0.3 is 15.7 Å². The Morgan fingerprint density at radius 1 is 1.33 bits per heavy atom. The molecule has 104 valence electrons. The minimum atomic E-state index is -0.987. The van der Waals surface area contributed by atoms with Crippen LogP contribution in [0.3, 0.4) is 0 Å². The SMILES string of the molecule is CC[C@H](NC(=O)NC1CCC(SC)CC1)C(=O)O. The average Bonchev–Trinajstić information content (AvgIpc) is 2.36. The van der Waals surface area contributed by atoms with Crippen molar-refractivity contribution in [3.05, 3.63) is 0 Å². The summed E-state index contributed by atoms with van der Waals surface area (Å²) in [7, 11) is 0. The molecule has 0 saturated heterocycles. The van der Waals surface area contributed by atoms with E-state index in [2.05, 4.69) is 16.9 Å². The summed E-state index contributed by atoms with van der Waals surface area (Å²) in [6, 6.07) is -0.982. The number of carbonyl (C=O) groups excluding carboxylic acids is 1. The number of carbonyl (C=O) groups is 2. The van der Waals surface area contributed by atoms with Crippen molar-refractivity contribution in [2.75, 3.05) is 6.26 Å². The molecule has 5 nitrogen and oxygen atoms in total. The average molecular weight is 274 g/mol. The summed E-state index contributed by atoms with van der Waals surface area (Å²) >= 11 is 1.88. The summed E-state index contributed by atoms with van der Waals surface area (Å²) in [4.78, 5) is 22.4. The summed E-state index contributed by atoms with van der Waals surface area (Å²) in [6.07, 6.45) is 6.68. The van der Waals surface area contributed by atoms with Crippen molar-refractivity contribution in [2.45, 2.75) is 56.4 Å². The zero-order valence-corrected chi connectivity index (χ0v) is 11.8. The van der Waals surface area contributed by atoms with E-state index in [1.807, 2.05) is 11.8 Å². The van der Waals surface area contributed by atoms with Crippen molar-refractivity contribution in [3.8, 4) is 0 Å². The molecule has 1 fully saturated rings. The van der Waals surface area contributed by atoms with Gasteiger partial charge in [0.05, 0.1) is 0 Å². The fourth-order valence-corrected chi connectivity index (χ4v) is 2.91. The highest BCUT2D eigenvalue weighted by Gasteiger charge is 2.23. The number of amides is 2. The zero-order valence-electron chi connectivity index (χ0n) is 10.9. The van der Waals surface area contributed by atoms with Gasteiger partial charge in [0, 0.05) is 11.3 Å². The minimum Gasteiger partial charge on any atom is -0.480 e. The van der Waals surface area contributed by atoms with E-state index in [-0.39, 0.29) is 12.1 Å². The third-order valence-electron chi connectivity index (χ3n) is 3.35. The van der Waals surface area contributed by atoms with E-state index in [1.165, 1.54) is 0 Å². The monoisotopic (exact) mass is 274 g/mol. The molecular weight excluding hydrogens is 252 g/mol. The largest absolute Gasteiger partial charge is 0.480 e. The lowest BCUT2D eigenvalue weighted by atomic mass is 9.95.